The largest absolute Gasteiger partial charge is 0.493 e. The Bertz CT molecular complexity index is 675. The molecule has 0 aliphatic heterocycles. The van der Waals surface area contributed by atoms with Crippen LogP contribution in [-0.2, 0) is 0 Å². The lowest BCUT2D eigenvalue weighted by atomic mass is 10.1. The molecule has 0 radical (unpaired) electrons. The molecular weight excluding hydrogens is 391 g/mol. The number of hydrogen-bond donors (Lipinski definition) is 0. The molecule has 0 aliphatic carbocycles. The van der Waals surface area contributed by atoms with E-state index in [1.165, 1.54) is 0 Å². The highest BCUT2D eigenvalue weighted by atomic mass is 127. The number of carbonyl (C=O) groups is 1. The molecule has 0 saturated heterocycles. The van der Waals surface area contributed by atoms with Crippen LogP contribution in [0.4, 0.5) is 0 Å². The molecule has 0 unspecified atom stereocenters. The maximum absolute atomic E-state index is 12.1. The molecule has 0 spiro atoms. The summed E-state index contributed by atoms with van der Waals surface area (Å²) >= 11 is 2.21. The molecule has 0 saturated carbocycles. The van der Waals surface area contributed by atoms with Crippen molar-refractivity contribution in [3.8, 4) is 11.5 Å². The second-order valence-electron chi connectivity index (χ2n) is 4.55. The summed E-state index contributed by atoms with van der Waals surface area (Å²) in [6.45, 7) is 2.48. The predicted octanol–water partition coefficient (Wildman–Crippen LogP) is 4.59. The molecule has 2 aromatic carbocycles. The van der Waals surface area contributed by atoms with E-state index in [2.05, 4.69) is 22.6 Å². The number of carbonyl (C=O) groups excluding carboxylic acids is 1. The number of ether oxygens (including phenoxy) is 2. The first-order valence-electron chi connectivity index (χ1n) is 6.93. The summed E-state index contributed by atoms with van der Waals surface area (Å²) in [7, 11) is 1.60. The first kappa shape index (κ1) is 16.5. The molecule has 0 amide bonds. The third-order valence-electron chi connectivity index (χ3n) is 3.04. The van der Waals surface area contributed by atoms with E-state index in [-0.39, 0.29) is 5.78 Å². The summed E-state index contributed by atoms with van der Waals surface area (Å²) in [4.78, 5) is 12.1. The molecule has 0 heterocycles. The molecule has 0 bridgehead atoms. The van der Waals surface area contributed by atoms with E-state index >= 15 is 0 Å². The molecule has 0 N–H and O–H groups in total. The van der Waals surface area contributed by atoms with Gasteiger partial charge in [0, 0.05) is 9.13 Å². The van der Waals surface area contributed by atoms with Crippen LogP contribution < -0.4 is 9.47 Å². The Morgan fingerprint density at radius 1 is 1.14 bits per heavy atom. The molecule has 0 atom stereocenters. The van der Waals surface area contributed by atoms with E-state index in [0.717, 1.165) is 9.13 Å². The number of halogens is 1. The minimum atomic E-state index is -0.0230. The van der Waals surface area contributed by atoms with Gasteiger partial charge in [-0.3, -0.25) is 4.79 Å². The van der Waals surface area contributed by atoms with Crippen molar-refractivity contribution in [2.45, 2.75) is 6.92 Å². The smallest absolute Gasteiger partial charge is 0.185 e. The van der Waals surface area contributed by atoms with Crippen molar-refractivity contribution in [2.75, 3.05) is 13.7 Å². The van der Waals surface area contributed by atoms with E-state index in [9.17, 15) is 4.79 Å². The van der Waals surface area contributed by atoms with Gasteiger partial charge in [-0.15, -0.1) is 0 Å². The van der Waals surface area contributed by atoms with Crippen molar-refractivity contribution in [1.29, 1.82) is 0 Å². The molecular formula is C18H17IO3. The zero-order valence-corrected chi connectivity index (χ0v) is 14.7. The fraction of sp³-hybridized carbons (Fsp3) is 0.167. The Hall–Kier alpha value is -1.82. The summed E-state index contributed by atoms with van der Waals surface area (Å²) in [5.41, 5.74) is 1.57. The van der Waals surface area contributed by atoms with Gasteiger partial charge < -0.3 is 9.47 Å². The molecule has 0 fully saturated rings. The van der Waals surface area contributed by atoms with Gasteiger partial charge in [-0.2, -0.15) is 0 Å². The number of benzene rings is 2. The van der Waals surface area contributed by atoms with E-state index in [4.69, 9.17) is 9.47 Å². The lowest BCUT2D eigenvalue weighted by molar-refractivity contribution is 0.104. The maximum Gasteiger partial charge on any atom is 0.185 e. The number of rotatable bonds is 6. The van der Waals surface area contributed by atoms with Gasteiger partial charge >= 0.3 is 0 Å². The van der Waals surface area contributed by atoms with Crippen LogP contribution in [0.2, 0.25) is 0 Å². The van der Waals surface area contributed by atoms with Gasteiger partial charge in [0.2, 0.25) is 0 Å². The summed E-state index contributed by atoms with van der Waals surface area (Å²) in [6.07, 6.45) is 3.35. The van der Waals surface area contributed by atoms with Gasteiger partial charge in [0.25, 0.3) is 0 Å². The second-order valence-corrected chi connectivity index (χ2v) is 5.79. The lowest BCUT2D eigenvalue weighted by Gasteiger charge is -2.09. The van der Waals surface area contributed by atoms with Crippen molar-refractivity contribution in [1.82, 2.24) is 0 Å². The normalized spacial score (nSPS) is 10.7. The zero-order valence-electron chi connectivity index (χ0n) is 12.5. The highest BCUT2D eigenvalue weighted by molar-refractivity contribution is 14.1. The van der Waals surface area contributed by atoms with Crippen molar-refractivity contribution in [3.05, 3.63) is 63.2 Å². The highest BCUT2D eigenvalue weighted by Crippen LogP contribution is 2.28. The molecule has 3 nitrogen and oxygen atoms in total. The van der Waals surface area contributed by atoms with Crippen LogP contribution in [0, 0.1) is 3.57 Å². The summed E-state index contributed by atoms with van der Waals surface area (Å²) in [5.74, 6) is 1.34. The van der Waals surface area contributed by atoms with Gasteiger partial charge in [0.15, 0.2) is 17.3 Å². The minimum absolute atomic E-state index is 0.0230. The van der Waals surface area contributed by atoms with Crippen LogP contribution in [0.5, 0.6) is 11.5 Å². The van der Waals surface area contributed by atoms with Gasteiger partial charge in [-0.1, -0.05) is 24.3 Å². The topological polar surface area (TPSA) is 35.5 Å². The summed E-state index contributed by atoms with van der Waals surface area (Å²) < 4.78 is 11.9. The molecule has 22 heavy (non-hydrogen) atoms. The Morgan fingerprint density at radius 2 is 1.86 bits per heavy atom. The zero-order chi connectivity index (χ0) is 15.9. The third kappa shape index (κ3) is 4.34. The minimum Gasteiger partial charge on any atom is -0.493 e. The monoisotopic (exact) mass is 408 g/mol. The van der Waals surface area contributed by atoms with Crippen molar-refractivity contribution < 1.29 is 14.3 Å². The van der Waals surface area contributed by atoms with Crippen LogP contribution in [0.1, 0.15) is 22.8 Å². The number of allylic oxidation sites excluding steroid dienone is 1. The third-order valence-corrected chi connectivity index (χ3v) is 3.76. The molecule has 4 heteroatoms. The summed E-state index contributed by atoms with van der Waals surface area (Å²) in [5, 5.41) is 0. The fourth-order valence-corrected chi connectivity index (χ4v) is 2.31. The lowest BCUT2D eigenvalue weighted by Crippen LogP contribution is -1.96. The van der Waals surface area contributed by atoms with Crippen molar-refractivity contribution in [3.63, 3.8) is 0 Å². The van der Waals surface area contributed by atoms with Crippen LogP contribution in [0.25, 0.3) is 6.08 Å². The van der Waals surface area contributed by atoms with Gasteiger partial charge in [-0.05, 0) is 65.4 Å². The van der Waals surface area contributed by atoms with E-state index in [1.54, 1.807) is 19.3 Å². The van der Waals surface area contributed by atoms with E-state index in [1.807, 2.05) is 49.4 Å². The number of hydrogen-bond acceptors (Lipinski definition) is 3. The molecule has 2 aromatic rings. The van der Waals surface area contributed by atoms with Gasteiger partial charge in [0.05, 0.1) is 13.7 Å². The first-order valence-corrected chi connectivity index (χ1v) is 8.00. The number of ketones is 1. The van der Waals surface area contributed by atoms with Crippen LogP contribution >= 0.6 is 22.6 Å². The van der Waals surface area contributed by atoms with E-state index in [0.29, 0.717) is 23.7 Å². The molecule has 0 aromatic heterocycles. The predicted molar refractivity (Wildman–Crippen MR) is 96.7 cm³/mol. The van der Waals surface area contributed by atoms with Crippen LogP contribution in [0.3, 0.4) is 0 Å². The van der Waals surface area contributed by atoms with Gasteiger partial charge in [-0.25, -0.2) is 0 Å². The Morgan fingerprint density at radius 3 is 2.50 bits per heavy atom. The van der Waals surface area contributed by atoms with Gasteiger partial charge in [0.1, 0.15) is 0 Å². The van der Waals surface area contributed by atoms with Crippen LogP contribution in [-0.4, -0.2) is 19.5 Å². The SMILES string of the molecule is CCOc1cc(C=CC(=O)c2ccc(I)cc2)ccc1OC. The van der Waals surface area contributed by atoms with Crippen LogP contribution in [0.15, 0.2) is 48.5 Å². The van der Waals surface area contributed by atoms with Crippen molar-refractivity contribution in [2.24, 2.45) is 0 Å². The van der Waals surface area contributed by atoms with Crippen molar-refractivity contribution >= 4 is 34.5 Å². The molecule has 114 valence electrons. The average Bonchev–Trinajstić information content (AvgIpc) is 2.54. The number of methoxy groups -OCH3 is 1. The highest BCUT2D eigenvalue weighted by Gasteiger charge is 2.05. The Labute approximate surface area is 144 Å². The van der Waals surface area contributed by atoms with E-state index < -0.39 is 0 Å². The maximum atomic E-state index is 12.1. The Balaban J connectivity index is 2.17. The fourth-order valence-electron chi connectivity index (χ4n) is 1.95. The Kier molecular flexibility index (Phi) is 6.00. The molecule has 2 rings (SSSR count). The summed E-state index contributed by atoms with van der Waals surface area (Å²) in [6, 6.07) is 13.1. The second kappa shape index (κ2) is 7.98. The average molecular weight is 408 g/mol. The molecule has 0 aliphatic rings. The standard InChI is InChI=1S/C18H17IO3/c1-3-22-18-12-13(5-11-17(18)21-2)4-10-16(20)14-6-8-15(19)9-7-14/h4-12H,3H2,1-2H3. The first-order chi connectivity index (χ1) is 10.6. The quantitative estimate of drug-likeness (QED) is 0.398.